The van der Waals surface area contributed by atoms with Gasteiger partial charge in [-0.25, -0.2) is 0 Å². The molecule has 0 aliphatic carbocycles. The molecule has 0 fully saturated rings. The number of nitro groups is 1. The summed E-state index contributed by atoms with van der Waals surface area (Å²) in [5, 5.41) is 22.1. The first-order valence-electron chi connectivity index (χ1n) is 8.53. The fourth-order valence-electron chi connectivity index (χ4n) is 2.61. The third-order valence-electron chi connectivity index (χ3n) is 4.09. The van der Waals surface area contributed by atoms with Gasteiger partial charge in [-0.05, 0) is 26.0 Å². The number of carbonyl (C=O) groups excluding carboxylic acids is 1. The summed E-state index contributed by atoms with van der Waals surface area (Å²) >= 11 is 1.27. The van der Waals surface area contributed by atoms with Gasteiger partial charge in [0.15, 0.2) is 11.0 Å². The van der Waals surface area contributed by atoms with Crippen LogP contribution >= 0.6 is 11.8 Å². The van der Waals surface area contributed by atoms with Crippen LogP contribution in [-0.2, 0) is 11.8 Å². The molecule has 28 heavy (non-hydrogen) atoms. The van der Waals surface area contributed by atoms with Crippen LogP contribution in [-0.4, -0.2) is 30.8 Å². The molecule has 0 bridgehead atoms. The Labute approximate surface area is 166 Å². The first kappa shape index (κ1) is 19.6. The maximum absolute atomic E-state index is 12.5. The number of anilines is 1. The number of amides is 1. The Bertz CT molecular complexity index is 1030. The van der Waals surface area contributed by atoms with Crippen molar-refractivity contribution in [3.05, 3.63) is 64.2 Å². The Hall–Kier alpha value is -3.20. The minimum Gasteiger partial charge on any atom is -0.325 e. The topological polar surface area (TPSA) is 103 Å². The number of hydrogen-bond donors (Lipinski definition) is 1. The monoisotopic (exact) mass is 397 g/mol. The van der Waals surface area contributed by atoms with Crippen LogP contribution in [0.3, 0.4) is 0 Å². The average Bonchev–Trinajstić information content (AvgIpc) is 3.02. The van der Waals surface area contributed by atoms with Crippen LogP contribution in [0.4, 0.5) is 11.4 Å². The zero-order valence-corrected chi connectivity index (χ0v) is 16.4. The molecule has 1 aromatic heterocycles. The van der Waals surface area contributed by atoms with Crippen LogP contribution in [0.5, 0.6) is 0 Å². The molecule has 0 aliphatic rings. The Morgan fingerprint density at radius 2 is 1.96 bits per heavy atom. The van der Waals surface area contributed by atoms with E-state index in [1.54, 1.807) is 13.0 Å². The SMILES string of the molecule is Cc1cccc(-c2nnc(SC(C)C(=O)Nc3cccc([N+](=O)[O-])c3)n2C)c1. The normalized spacial score (nSPS) is 11.8. The summed E-state index contributed by atoms with van der Waals surface area (Å²) in [6.07, 6.45) is 0. The molecule has 3 aromatic rings. The van der Waals surface area contributed by atoms with Crippen molar-refractivity contribution in [3.8, 4) is 11.4 Å². The fourth-order valence-corrected chi connectivity index (χ4v) is 3.42. The van der Waals surface area contributed by atoms with Gasteiger partial charge < -0.3 is 9.88 Å². The first-order chi connectivity index (χ1) is 13.3. The fraction of sp³-hybridized carbons (Fsp3) is 0.211. The molecule has 0 spiro atoms. The van der Waals surface area contributed by atoms with Gasteiger partial charge in [0.25, 0.3) is 5.69 Å². The van der Waals surface area contributed by atoms with E-state index >= 15 is 0 Å². The third-order valence-corrected chi connectivity index (χ3v) is 5.22. The summed E-state index contributed by atoms with van der Waals surface area (Å²) in [5.41, 5.74) is 2.38. The van der Waals surface area contributed by atoms with Crippen molar-refractivity contribution in [1.82, 2.24) is 14.8 Å². The van der Waals surface area contributed by atoms with Crippen molar-refractivity contribution in [3.63, 3.8) is 0 Å². The van der Waals surface area contributed by atoms with E-state index < -0.39 is 10.2 Å². The first-order valence-corrected chi connectivity index (χ1v) is 9.41. The lowest BCUT2D eigenvalue weighted by atomic mass is 10.1. The Kier molecular flexibility index (Phi) is 5.74. The minimum absolute atomic E-state index is 0.0748. The van der Waals surface area contributed by atoms with E-state index in [0.29, 0.717) is 10.8 Å². The second kappa shape index (κ2) is 8.22. The van der Waals surface area contributed by atoms with Gasteiger partial charge in [0.1, 0.15) is 0 Å². The molecule has 0 saturated heterocycles. The second-order valence-corrected chi connectivity index (χ2v) is 7.60. The largest absolute Gasteiger partial charge is 0.325 e. The second-order valence-electron chi connectivity index (χ2n) is 6.29. The standard InChI is InChI=1S/C19H19N5O3S/c1-12-6-4-7-14(10-12)17-21-22-19(23(17)3)28-13(2)18(25)20-15-8-5-9-16(11-15)24(26)27/h4-11,13H,1-3H3,(H,20,25). The van der Waals surface area contributed by atoms with Gasteiger partial charge in [-0.1, -0.05) is 41.6 Å². The van der Waals surface area contributed by atoms with Crippen molar-refractivity contribution in [1.29, 1.82) is 0 Å². The minimum atomic E-state index is -0.500. The molecule has 144 valence electrons. The van der Waals surface area contributed by atoms with E-state index in [9.17, 15) is 14.9 Å². The number of nitro benzene ring substituents is 1. The molecule has 1 heterocycles. The van der Waals surface area contributed by atoms with Gasteiger partial charge in [-0.2, -0.15) is 0 Å². The lowest BCUT2D eigenvalue weighted by Gasteiger charge is -2.11. The van der Waals surface area contributed by atoms with E-state index in [-0.39, 0.29) is 11.6 Å². The average molecular weight is 397 g/mol. The van der Waals surface area contributed by atoms with Crippen LogP contribution in [0.2, 0.25) is 0 Å². The van der Waals surface area contributed by atoms with Gasteiger partial charge in [0.2, 0.25) is 5.91 Å². The summed E-state index contributed by atoms with van der Waals surface area (Å²) in [4.78, 5) is 22.8. The lowest BCUT2D eigenvalue weighted by Crippen LogP contribution is -2.22. The summed E-state index contributed by atoms with van der Waals surface area (Å²) in [7, 11) is 1.85. The smallest absolute Gasteiger partial charge is 0.271 e. The van der Waals surface area contributed by atoms with Crippen LogP contribution in [0.25, 0.3) is 11.4 Å². The maximum Gasteiger partial charge on any atom is 0.271 e. The number of hydrogen-bond acceptors (Lipinski definition) is 6. The van der Waals surface area contributed by atoms with Crippen molar-refractivity contribution in [2.24, 2.45) is 7.05 Å². The van der Waals surface area contributed by atoms with Crippen LogP contribution in [0.1, 0.15) is 12.5 Å². The number of thioether (sulfide) groups is 1. The molecule has 0 aliphatic heterocycles. The molecular formula is C19H19N5O3S. The molecule has 1 N–H and O–H groups in total. The summed E-state index contributed by atoms with van der Waals surface area (Å²) in [6, 6.07) is 13.8. The number of non-ortho nitro benzene ring substituents is 1. The number of rotatable bonds is 6. The van der Waals surface area contributed by atoms with Crippen LogP contribution in [0.15, 0.2) is 53.7 Å². The number of aromatic nitrogens is 3. The molecule has 1 amide bonds. The summed E-state index contributed by atoms with van der Waals surface area (Å²) < 4.78 is 1.84. The number of carbonyl (C=O) groups is 1. The molecule has 0 saturated carbocycles. The van der Waals surface area contributed by atoms with E-state index in [4.69, 9.17) is 0 Å². The molecule has 8 nitrogen and oxygen atoms in total. The Balaban J connectivity index is 1.71. The number of benzene rings is 2. The summed E-state index contributed by atoms with van der Waals surface area (Å²) in [5.74, 6) is 0.447. The summed E-state index contributed by atoms with van der Waals surface area (Å²) in [6.45, 7) is 3.76. The maximum atomic E-state index is 12.5. The molecule has 2 aromatic carbocycles. The van der Waals surface area contributed by atoms with Gasteiger partial charge in [-0.3, -0.25) is 14.9 Å². The highest BCUT2D eigenvalue weighted by Gasteiger charge is 2.20. The van der Waals surface area contributed by atoms with Crippen molar-refractivity contribution in [2.75, 3.05) is 5.32 Å². The van der Waals surface area contributed by atoms with E-state index in [1.165, 1.54) is 30.0 Å². The lowest BCUT2D eigenvalue weighted by molar-refractivity contribution is -0.384. The van der Waals surface area contributed by atoms with E-state index in [1.807, 2.05) is 42.8 Å². The number of nitrogens with one attached hydrogen (secondary N) is 1. The van der Waals surface area contributed by atoms with Crippen LogP contribution in [0, 0.1) is 17.0 Å². The molecule has 3 rings (SSSR count). The predicted octanol–water partition coefficient (Wildman–Crippen LogP) is 3.82. The number of aryl methyl sites for hydroxylation is 1. The van der Waals surface area contributed by atoms with Crippen LogP contribution < -0.4 is 5.32 Å². The van der Waals surface area contributed by atoms with E-state index in [0.717, 1.165) is 17.0 Å². The van der Waals surface area contributed by atoms with Crippen molar-refractivity contribution >= 4 is 29.0 Å². The van der Waals surface area contributed by atoms with Crippen molar-refractivity contribution < 1.29 is 9.72 Å². The van der Waals surface area contributed by atoms with Gasteiger partial charge in [0.05, 0.1) is 10.2 Å². The Morgan fingerprint density at radius 3 is 2.68 bits per heavy atom. The molecule has 9 heteroatoms. The van der Waals surface area contributed by atoms with E-state index in [2.05, 4.69) is 15.5 Å². The van der Waals surface area contributed by atoms with Gasteiger partial charge >= 0.3 is 0 Å². The Morgan fingerprint density at radius 1 is 1.21 bits per heavy atom. The number of nitrogens with zero attached hydrogens (tertiary/aromatic N) is 4. The molecule has 0 radical (unpaired) electrons. The molecular weight excluding hydrogens is 378 g/mol. The zero-order valence-electron chi connectivity index (χ0n) is 15.6. The zero-order chi connectivity index (χ0) is 20.3. The highest BCUT2D eigenvalue weighted by molar-refractivity contribution is 8.00. The van der Waals surface area contributed by atoms with Crippen molar-refractivity contribution in [2.45, 2.75) is 24.3 Å². The highest BCUT2D eigenvalue weighted by atomic mass is 32.2. The highest BCUT2D eigenvalue weighted by Crippen LogP contribution is 2.27. The third kappa shape index (κ3) is 4.37. The van der Waals surface area contributed by atoms with Gasteiger partial charge in [-0.15, -0.1) is 10.2 Å². The molecule has 1 atom stereocenters. The quantitative estimate of drug-likeness (QED) is 0.385. The predicted molar refractivity (Wildman–Crippen MR) is 108 cm³/mol. The van der Waals surface area contributed by atoms with Gasteiger partial charge in [0, 0.05) is 30.4 Å². The molecule has 1 unspecified atom stereocenters.